The van der Waals surface area contributed by atoms with Crippen molar-refractivity contribution >= 4 is 5.97 Å². The minimum atomic E-state index is -7.01. The summed E-state index contributed by atoms with van der Waals surface area (Å²) in [7, 11) is 0. The Bertz CT molecular complexity index is 1340. The van der Waals surface area contributed by atoms with E-state index in [-0.39, 0.29) is 59.8 Å². The molecule has 3 rings (SSSR count). The summed E-state index contributed by atoms with van der Waals surface area (Å²) in [5.41, 5.74) is 1.54. The molecule has 5 nitrogen and oxygen atoms in total. The van der Waals surface area contributed by atoms with Crippen molar-refractivity contribution in [3.05, 3.63) is 53.6 Å². The Morgan fingerprint density at radius 3 is 1.94 bits per heavy atom. The van der Waals surface area contributed by atoms with E-state index in [0.717, 1.165) is 43.2 Å². The average Bonchev–Trinajstić information content (AvgIpc) is 2.98. The van der Waals surface area contributed by atoms with Gasteiger partial charge >= 0.3 is 53.5 Å². The van der Waals surface area contributed by atoms with E-state index in [0.29, 0.717) is 25.2 Å². The number of carboxylic acids is 1. The Balaban J connectivity index is 0.00000800. The molecular formula is C33H38F9NaO5. The van der Waals surface area contributed by atoms with E-state index in [1.54, 1.807) is 24.3 Å². The van der Waals surface area contributed by atoms with Gasteiger partial charge in [-0.3, -0.25) is 0 Å². The van der Waals surface area contributed by atoms with Crippen LogP contribution in [0.15, 0.2) is 42.5 Å². The van der Waals surface area contributed by atoms with Gasteiger partial charge in [-0.2, -0.15) is 39.5 Å². The summed E-state index contributed by atoms with van der Waals surface area (Å²) in [6, 6.07) is 12.0. The number of halogens is 9. The van der Waals surface area contributed by atoms with Gasteiger partial charge < -0.3 is 24.9 Å². The minimum Gasteiger partial charge on any atom is -0.550 e. The van der Waals surface area contributed by atoms with E-state index in [1.807, 2.05) is 18.2 Å². The number of benzene rings is 2. The number of carbonyl (C=O) groups excluding carboxylic acids is 1. The van der Waals surface area contributed by atoms with Crippen LogP contribution in [0.3, 0.4) is 0 Å². The first kappa shape index (κ1) is 41.8. The van der Waals surface area contributed by atoms with Gasteiger partial charge in [-0.1, -0.05) is 70.1 Å². The average molecular weight is 709 g/mol. The number of hydrogen-bond acceptors (Lipinski definition) is 5. The van der Waals surface area contributed by atoms with Crippen molar-refractivity contribution in [2.75, 3.05) is 6.61 Å². The molecule has 264 valence electrons. The van der Waals surface area contributed by atoms with E-state index < -0.39 is 54.1 Å². The molecule has 2 aromatic rings. The van der Waals surface area contributed by atoms with Crippen LogP contribution in [0.5, 0.6) is 17.2 Å². The van der Waals surface area contributed by atoms with Crippen molar-refractivity contribution in [3.8, 4) is 17.2 Å². The predicted octanol–water partition coefficient (Wildman–Crippen LogP) is 5.66. The number of alkyl halides is 9. The fraction of sp³-hybridized carbons (Fsp3) is 0.606. The second-order valence-corrected chi connectivity index (χ2v) is 12.5. The van der Waals surface area contributed by atoms with Gasteiger partial charge in [-0.25, -0.2) is 0 Å². The molecular weight excluding hydrogens is 670 g/mol. The van der Waals surface area contributed by atoms with Crippen LogP contribution in [0.2, 0.25) is 0 Å². The maximum Gasteiger partial charge on any atom is 1.00 e. The largest absolute Gasteiger partial charge is 1.00 e. The number of phenolic OH excluding ortho intramolecular Hbond substituents is 2. The number of carbonyl (C=O) groups is 1. The number of carboxylic acid groups (broad SMARTS) is 1. The molecule has 2 aromatic carbocycles. The fourth-order valence-electron chi connectivity index (χ4n) is 6.13. The molecule has 0 fully saturated rings. The summed E-state index contributed by atoms with van der Waals surface area (Å²) in [4.78, 5) is 11.3. The molecule has 0 aliphatic carbocycles. The van der Waals surface area contributed by atoms with Gasteiger partial charge in [0.25, 0.3) is 0 Å². The van der Waals surface area contributed by atoms with Gasteiger partial charge in [0.1, 0.15) is 17.2 Å². The number of rotatable bonds is 17. The molecule has 1 heterocycles. The van der Waals surface area contributed by atoms with Gasteiger partial charge in [0.15, 0.2) is 0 Å². The number of aliphatic carboxylic acids is 1. The van der Waals surface area contributed by atoms with Crippen LogP contribution in [0, 0.1) is 5.92 Å². The van der Waals surface area contributed by atoms with Gasteiger partial charge in [0, 0.05) is 29.8 Å². The molecule has 0 spiro atoms. The molecule has 0 radical (unpaired) electrons. The summed E-state index contributed by atoms with van der Waals surface area (Å²) in [5.74, 6) is -22.3. The quantitative estimate of drug-likeness (QED) is 0.126. The SMILES string of the molecule is CC1(c2ccc(O)cc2)COc2cc(O)ccc2C1CCCCCCCCCC(CCC(F)(F)C(F)(F)C(F)(F)C(F)(F)F)C(=O)[O-].[Na+]. The van der Waals surface area contributed by atoms with Crippen LogP contribution in [-0.4, -0.2) is 46.7 Å². The van der Waals surface area contributed by atoms with Crippen LogP contribution in [0.25, 0.3) is 0 Å². The third-order valence-electron chi connectivity index (χ3n) is 9.09. The van der Waals surface area contributed by atoms with Crippen LogP contribution >= 0.6 is 0 Å². The molecule has 0 saturated carbocycles. The van der Waals surface area contributed by atoms with Crippen LogP contribution in [0.1, 0.15) is 94.6 Å². The molecule has 3 unspecified atom stereocenters. The zero-order valence-electron chi connectivity index (χ0n) is 26.7. The van der Waals surface area contributed by atoms with Crippen LogP contribution < -0.4 is 39.4 Å². The topological polar surface area (TPSA) is 89.8 Å². The molecule has 1 aliphatic rings. The second kappa shape index (κ2) is 16.6. The van der Waals surface area contributed by atoms with Gasteiger partial charge in [-0.15, -0.1) is 0 Å². The summed E-state index contributed by atoms with van der Waals surface area (Å²) in [6.07, 6.45) is -5.32. The van der Waals surface area contributed by atoms with Crippen molar-refractivity contribution in [2.24, 2.45) is 5.92 Å². The Kier molecular flexibility index (Phi) is 14.5. The molecule has 0 aromatic heterocycles. The van der Waals surface area contributed by atoms with Crippen molar-refractivity contribution < 1.29 is 93.9 Å². The van der Waals surface area contributed by atoms with E-state index >= 15 is 0 Å². The summed E-state index contributed by atoms with van der Waals surface area (Å²) in [5, 5.41) is 31.0. The molecule has 48 heavy (non-hydrogen) atoms. The Morgan fingerprint density at radius 2 is 1.38 bits per heavy atom. The van der Waals surface area contributed by atoms with E-state index in [4.69, 9.17) is 4.74 Å². The minimum absolute atomic E-state index is 0. The van der Waals surface area contributed by atoms with Crippen LogP contribution in [0.4, 0.5) is 39.5 Å². The number of ether oxygens (including phenoxy) is 1. The normalized spacial score (nSPS) is 19.2. The fourth-order valence-corrected chi connectivity index (χ4v) is 6.13. The zero-order valence-corrected chi connectivity index (χ0v) is 28.7. The van der Waals surface area contributed by atoms with Crippen molar-refractivity contribution in [1.29, 1.82) is 0 Å². The number of aromatic hydroxyl groups is 2. The maximum absolute atomic E-state index is 13.8. The van der Waals surface area contributed by atoms with E-state index in [2.05, 4.69) is 6.92 Å². The Hall–Kier alpha value is -2.32. The van der Waals surface area contributed by atoms with Gasteiger partial charge in [0.2, 0.25) is 0 Å². The first-order chi connectivity index (χ1) is 21.7. The van der Waals surface area contributed by atoms with Crippen molar-refractivity contribution in [2.45, 2.75) is 113 Å². The molecule has 0 saturated heterocycles. The van der Waals surface area contributed by atoms with Crippen LogP contribution in [-0.2, 0) is 10.2 Å². The second-order valence-electron chi connectivity index (χ2n) is 12.5. The summed E-state index contributed by atoms with van der Waals surface area (Å²) < 4.78 is 124. The monoisotopic (exact) mass is 708 g/mol. The van der Waals surface area contributed by atoms with Crippen molar-refractivity contribution in [1.82, 2.24) is 0 Å². The Morgan fingerprint density at radius 1 is 0.833 bits per heavy atom. The molecule has 0 bridgehead atoms. The van der Waals surface area contributed by atoms with E-state index in [1.165, 1.54) is 0 Å². The standard InChI is InChI=1S/C33H39F9O5.Na/c1-29(22-11-13-23(43)14-12-22)20-47-27-19-24(44)15-16-25(27)26(29)10-8-6-4-2-3-5-7-9-21(28(45)46)17-18-30(34,35)31(36,37)32(38,39)33(40,41)42;/h11-16,19,21,26,43-44H,2-10,17-18,20H2,1H3,(H,45,46);/q;+1/p-1. The maximum atomic E-state index is 13.8. The number of phenols is 2. The summed E-state index contributed by atoms with van der Waals surface area (Å²) in [6.45, 7) is 2.45. The predicted molar refractivity (Wildman–Crippen MR) is 152 cm³/mol. The molecule has 1 aliphatic heterocycles. The Labute approximate surface area is 295 Å². The van der Waals surface area contributed by atoms with E-state index in [9.17, 15) is 59.6 Å². The van der Waals surface area contributed by atoms with Crippen molar-refractivity contribution in [3.63, 3.8) is 0 Å². The first-order valence-corrected chi connectivity index (χ1v) is 15.4. The number of hydrogen-bond donors (Lipinski definition) is 2. The number of unbranched alkanes of at least 4 members (excludes halogenated alkanes) is 6. The molecule has 2 N–H and O–H groups in total. The third kappa shape index (κ3) is 9.47. The van der Waals surface area contributed by atoms with Gasteiger partial charge in [-0.05, 0) is 54.5 Å². The molecule has 3 atom stereocenters. The zero-order chi connectivity index (χ0) is 35.3. The molecule has 0 amide bonds. The van der Waals surface area contributed by atoms with Gasteiger partial charge in [0.05, 0.1) is 6.61 Å². The third-order valence-corrected chi connectivity index (χ3v) is 9.09. The smallest absolute Gasteiger partial charge is 0.550 e. The molecule has 15 heteroatoms. The first-order valence-electron chi connectivity index (χ1n) is 15.4. The number of fused-ring (bicyclic) bond motifs is 1. The summed E-state index contributed by atoms with van der Waals surface area (Å²) >= 11 is 0.